The molecule has 2 unspecified atom stereocenters. The number of hydrogen-bond donors (Lipinski definition) is 2. The van der Waals surface area contributed by atoms with Crippen LogP contribution >= 0.6 is 0 Å². The van der Waals surface area contributed by atoms with Gasteiger partial charge in [0.25, 0.3) is 0 Å². The van der Waals surface area contributed by atoms with Crippen LogP contribution in [0.25, 0.3) is 0 Å². The molecule has 1 saturated heterocycles. The minimum atomic E-state index is -0.232. The zero-order valence-electron chi connectivity index (χ0n) is 7.71. The Labute approximate surface area is 73.1 Å². The molecule has 1 heterocycles. The van der Waals surface area contributed by atoms with Crippen molar-refractivity contribution in [2.45, 2.75) is 25.9 Å². The lowest BCUT2D eigenvalue weighted by molar-refractivity contribution is -0.123. The van der Waals surface area contributed by atoms with Crippen LogP contribution in [-0.4, -0.2) is 42.5 Å². The number of piperazine rings is 1. The van der Waals surface area contributed by atoms with E-state index in [0.29, 0.717) is 6.04 Å². The van der Waals surface area contributed by atoms with E-state index in [2.05, 4.69) is 17.1 Å². The Morgan fingerprint density at radius 3 is 2.92 bits per heavy atom. The summed E-state index contributed by atoms with van der Waals surface area (Å²) in [6.07, 6.45) is 0. The van der Waals surface area contributed by atoms with E-state index in [1.54, 1.807) is 0 Å². The van der Waals surface area contributed by atoms with E-state index >= 15 is 0 Å². The Bertz CT molecular complexity index is 172. The lowest BCUT2D eigenvalue weighted by Gasteiger charge is -2.34. The first kappa shape index (κ1) is 9.48. The van der Waals surface area contributed by atoms with Gasteiger partial charge in [-0.25, -0.2) is 0 Å². The lowest BCUT2D eigenvalue weighted by Crippen LogP contribution is -2.55. The number of rotatable bonds is 2. The zero-order valence-corrected chi connectivity index (χ0v) is 7.71. The Hall–Kier alpha value is -0.610. The Kier molecular flexibility index (Phi) is 3.05. The third-order valence-corrected chi connectivity index (χ3v) is 2.36. The normalized spacial score (nSPS) is 28.3. The van der Waals surface area contributed by atoms with Gasteiger partial charge in [-0.1, -0.05) is 0 Å². The maximum atomic E-state index is 10.9. The molecule has 4 nitrogen and oxygen atoms in total. The largest absolute Gasteiger partial charge is 0.368 e. The summed E-state index contributed by atoms with van der Waals surface area (Å²) in [5.74, 6) is -0.232. The first-order valence-corrected chi connectivity index (χ1v) is 4.38. The summed E-state index contributed by atoms with van der Waals surface area (Å²) in [5.41, 5.74) is 5.21. The van der Waals surface area contributed by atoms with Crippen LogP contribution in [-0.2, 0) is 4.79 Å². The average Bonchev–Trinajstić information content (AvgIpc) is 2.03. The molecule has 12 heavy (non-hydrogen) atoms. The molecular formula is C8H17N3O. The Balaban J connectivity index is 2.45. The van der Waals surface area contributed by atoms with Gasteiger partial charge in [-0.3, -0.25) is 9.69 Å². The minimum Gasteiger partial charge on any atom is -0.368 e. The van der Waals surface area contributed by atoms with Crippen molar-refractivity contribution in [1.29, 1.82) is 0 Å². The number of nitrogens with two attached hydrogens (primary N) is 1. The quantitative estimate of drug-likeness (QED) is 0.569. The van der Waals surface area contributed by atoms with Gasteiger partial charge in [-0.2, -0.15) is 0 Å². The smallest absolute Gasteiger partial charge is 0.234 e. The van der Waals surface area contributed by atoms with Gasteiger partial charge in [0.05, 0.1) is 6.04 Å². The van der Waals surface area contributed by atoms with Crippen LogP contribution in [0.1, 0.15) is 13.8 Å². The van der Waals surface area contributed by atoms with Crippen molar-refractivity contribution in [3.63, 3.8) is 0 Å². The molecule has 0 aromatic rings. The van der Waals surface area contributed by atoms with Crippen molar-refractivity contribution < 1.29 is 4.79 Å². The van der Waals surface area contributed by atoms with Crippen molar-refractivity contribution >= 4 is 5.91 Å². The molecular weight excluding hydrogens is 154 g/mol. The number of nitrogens with one attached hydrogen (secondary N) is 1. The first-order valence-electron chi connectivity index (χ1n) is 4.38. The van der Waals surface area contributed by atoms with Crippen molar-refractivity contribution in [2.75, 3.05) is 19.6 Å². The molecule has 70 valence electrons. The third-order valence-electron chi connectivity index (χ3n) is 2.36. The van der Waals surface area contributed by atoms with Gasteiger partial charge in [0.1, 0.15) is 0 Å². The van der Waals surface area contributed by atoms with Crippen LogP contribution in [0.2, 0.25) is 0 Å². The minimum absolute atomic E-state index is 0.130. The molecule has 1 aliphatic rings. The number of carbonyl (C=O) groups excluding carboxylic acids is 1. The van der Waals surface area contributed by atoms with Gasteiger partial charge in [0.2, 0.25) is 5.91 Å². The monoisotopic (exact) mass is 171 g/mol. The van der Waals surface area contributed by atoms with E-state index in [1.165, 1.54) is 0 Å². The van der Waals surface area contributed by atoms with E-state index in [0.717, 1.165) is 19.6 Å². The topological polar surface area (TPSA) is 58.4 Å². The summed E-state index contributed by atoms with van der Waals surface area (Å²) in [7, 11) is 0. The highest BCUT2D eigenvalue weighted by atomic mass is 16.1. The van der Waals surface area contributed by atoms with Crippen LogP contribution in [0.3, 0.4) is 0 Å². The van der Waals surface area contributed by atoms with E-state index in [1.807, 2.05) is 6.92 Å². The first-order chi connectivity index (χ1) is 5.61. The van der Waals surface area contributed by atoms with Crippen molar-refractivity contribution in [1.82, 2.24) is 10.2 Å². The van der Waals surface area contributed by atoms with Gasteiger partial charge in [0.15, 0.2) is 0 Å². The standard InChI is InChI=1S/C8H17N3O/c1-6-5-11(4-3-10-6)7(2)8(9)12/h6-7,10H,3-5H2,1-2H3,(H2,9,12). The van der Waals surface area contributed by atoms with Crippen LogP contribution in [0.5, 0.6) is 0 Å². The molecule has 0 aromatic carbocycles. The summed E-state index contributed by atoms with van der Waals surface area (Å²) < 4.78 is 0. The summed E-state index contributed by atoms with van der Waals surface area (Å²) in [4.78, 5) is 13.0. The van der Waals surface area contributed by atoms with Crippen LogP contribution in [0, 0.1) is 0 Å². The number of amides is 1. The maximum absolute atomic E-state index is 10.9. The predicted molar refractivity (Wildman–Crippen MR) is 47.7 cm³/mol. The highest BCUT2D eigenvalue weighted by molar-refractivity contribution is 5.79. The summed E-state index contributed by atoms with van der Waals surface area (Å²) in [6, 6.07) is 0.329. The van der Waals surface area contributed by atoms with Gasteiger partial charge < -0.3 is 11.1 Å². The fourth-order valence-corrected chi connectivity index (χ4v) is 1.49. The molecule has 0 bridgehead atoms. The number of hydrogen-bond acceptors (Lipinski definition) is 3. The van der Waals surface area contributed by atoms with Gasteiger partial charge in [-0.15, -0.1) is 0 Å². The van der Waals surface area contributed by atoms with E-state index in [4.69, 9.17) is 5.73 Å². The fraction of sp³-hybridized carbons (Fsp3) is 0.875. The molecule has 1 rings (SSSR count). The van der Waals surface area contributed by atoms with Crippen molar-refractivity contribution in [2.24, 2.45) is 5.73 Å². The van der Waals surface area contributed by atoms with Crippen molar-refractivity contribution in [3.8, 4) is 0 Å². The van der Waals surface area contributed by atoms with Crippen molar-refractivity contribution in [3.05, 3.63) is 0 Å². The highest BCUT2D eigenvalue weighted by Gasteiger charge is 2.23. The predicted octanol–water partition coefficient (Wildman–Crippen LogP) is -0.846. The highest BCUT2D eigenvalue weighted by Crippen LogP contribution is 2.03. The second-order valence-corrected chi connectivity index (χ2v) is 3.43. The molecule has 3 N–H and O–H groups in total. The number of nitrogens with zero attached hydrogens (tertiary/aromatic N) is 1. The second kappa shape index (κ2) is 3.87. The van der Waals surface area contributed by atoms with E-state index in [-0.39, 0.29) is 11.9 Å². The molecule has 0 aliphatic carbocycles. The van der Waals surface area contributed by atoms with E-state index < -0.39 is 0 Å². The number of primary amides is 1. The van der Waals surface area contributed by atoms with Crippen LogP contribution in [0.4, 0.5) is 0 Å². The van der Waals surface area contributed by atoms with Gasteiger partial charge >= 0.3 is 0 Å². The Morgan fingerprint density at radius 1 is 1.75 bits per heavy atom. The molecule has 0 spiro atoms. The molecule has 1 aliphatic heterocycles. The molecule has 0 saturated carbocycles. The lowest BCUT2D eigenvalue weighted by atomic mass is 10.2. The molecule has 1 amide bonds. The van der Waals surface area contributed by atoms with Gasteiger partial charge in [-0.05, 0) is 13.8 Å². The average molecular weight is 171 g/mol. The maximum Gasteiger partial charge on any atom is 0.234 e. The molecule has 4 heteroatoms. The number of carbonyl (C=O) groups is 1. The molecule has 0 radical (unpaired) electrons. The zero-order chi connectivity index (χ0) is 9.14. The van der Waals surface area contributed by atoms with Gasteiger partial charge in [0, 0.05) is 25.7 Å². The van der Waals surface area contributed by atoms with Crippen LogP contribution in [0.15, 0.2) is 0 Å². The Morgan fingerprint density at radius 2 is 2.42 bits per heavy atom. The fourth-order valence-electron chi connectivity index (χ4n) is 1.49. The summed E-state index contributed by atoms with van der Waals surface area (Å²) in [5, 5.41) is 3.31. The molecule has 0 aromatic heterocycles. The summed E-state index contributed by atoms with van der Waals surface area (Å²) >= 11 is 0. The summed E-state index contributed by atoms with van der Waals surface area (Å²) in [6.45, 7) is 6.73. The molecule has 1 fully saturated rings. The molecule has 2 atom stereocenters. The van der Waals surface area contributed by atoms with Crippen LogP contribution < -0.4 is 11.1 Å². The second-order valence-electron chi connectivity index (χ2n) is 3.43. The van der Waals surface area contributed by atoms with E-state index in [9.17, 15) is 4.79 Å². The SMILES string of the molecule is CC1CN(C(C)C(N)=O)CCN1. The third kappa shape index (κ3) is 2.19.